The Balaban J connectivity index is 1.37. The molecule has 1 heterocycles. The maximum atomic E-state index is 13.7. The number of carbonyl (C=O) groups excluding carboxylic acids is 2. The fourth-order valence-electron chi connectivity index (χ4n) is 4.97. The Morgan fingerprint density at radius 2 is 1.52 bits per heavy atom. The number of hydrogen-bond donors (Lipinski definition) is 3. The summed E-state index contributed by atoms with van der Waals surface area (Å²) >= 11 is 5.97. The highest BCUT2D eigenvalue weighted by Crippen LogP contribution is 2.26. The van der Waals surface area contributed by atoms with Crippen LogP contribution in [-0.4, -0.2) is 55.5 Å². The van der Waals surface area contributed by atoms with Gasteiger partial charge in [-0.3, -0.25) is 9.59 Å². The average molecular weight is 587 g/mol. The summed E-state index contributed by atoms with van der Waals surface area (Å²) in [6, 6.07) is 30.5. The maximum Gasteiger partial charge on any atom is 0.287 e. The first-order valence-corrected chi connectivity index (χ1v) is 14.7. The van der Waals surface area contributed by atoms with Crippen molar-refractivity contribution in [3.8, 4) is 11.3 Å². The van der Waals surface area contributed by atoms with Crippen molar-refractivity contribution in [2.45, 2.75) is 37.8 Å². The zero-order chi connectivity index (χ0) is 29.9. The number of furan rings is 1. The van der Waals surface area contributed by atoms with E-state index in [1.165, 1.54) is 0 Å². The summed E-state index contributed by atoms with van der Waals surface area (Å²) in [7, 11) is 1.85. The molecule has 1 unspecified atom stereocenters. The molecule has 0 saturated carbocycles. The molecule has 0 saturated heterocycles. The second-order valence-corrected chi connectivity index (χ2v) is 11.0. The van der Waals surface area contributed by atoms with Crippen molar-refractivity contribution >= 4 is 23.4 Å². The Hall–Kier alpha value is -3.91. The summed E-state index contributed by atoms with van der Waals surface area (Å²) in [5.74, 6) is 0.522. The molecule has 4 N–H and O–H groups in total. The topological polar surface area (TPSA) is 101 Å². The molecular weight excluding hydrogens is 548 g/mol. The van der Waals surface area contributed by atoms with Crippen LogP contribution in [0, 0.1) is 0 Å². The number of benzene rings is 3. The van der Waals surface area contributed by atoms with Crippen LogP contribution in [0.5, 0.6) is 0 Å². The van der Waals surface area contributed by atoms with E-state index in [2.05, 4.69) is 34.9 Å². The van der Waals surface area contributed by atoms with Crippen LogP contribution < -0.4 is 16.4 Å². The van der Waals surface area contributed by atoms with Crippen LogP contribution in [0.3, 0.4) is 0 Å². The van der Waals surface area contributed by atoms with E-state index in [1.54, 1.807) is 29.2 Å². The van der Waals surface area contributed by atoms with E-state index in [0.717, 1.165) is 16.7 Å². The molecule has 0 fully saturated rings. The van der Waals surface area contributed by atoms with Gasteiger partial charge in [0.15, 0.2) is 5.76 Å². The van der Waals surface area contributed by atoms with Crippen molar-refractivity contribution in [2.75, 3.05) is 26.7 Å². The third-order valence-electron chi connectivity index (χ3n) is 7.24. The lowest BCUT2D eigenvalue weighted by Crippen LogP contribution is -2.51. The van der Waals surface area contributed by atoms with Crippen molar-refractivity contribution < 1.29 is 14.0 Å². The highest BCUT2D eigenvalue weighted by atomic mass is 35.5. The molecule has 4 aromatic rings. The summed E-state index contributed by atoms with van der Waals surface area (Å²) in [6.45, 7) is 3.29. The number of nitrogens with two attached hydrogens (primary N) is 1. The molecule has 1 aromatic heterocycles. The number of nitrogens with zero attached hydrogens (tertiary/aromatic N) is 1. The Morgan fingerprint density at radius 1 is 0.905 bits per heavy atom. The minimum absolute atomic E-state index is 0.00266. The molecule has 0 aliphatic carbocycles. The standard InChI is InChI=1S/C34H39ClN4O3/c1-24(22-37-33(40)32-20-19-31(42-32)27-15-17-28(35)18-16-27)38-30(14-9-21-36)34(41)39(2)23-29(25-10-5-3-6-11-25)26-12-7-4-8-13-26/h3-8,10-13,15-20,24,29-30,38H,9,14,21-23,36H2,1-2H3,(H,37,40)/t24?,30-/m0/s1. The predicted molar refractivity (Wildman–Crippen MR) is 169 cm³/mol. The summed E-state index contributed by atoms with van der Waals surface area (Å²) < 4.78 is 5.77. The molecule has 2 atom stereocenters. The van der Waals surface area contributed by atoms with Gasteiger partial charge in [0, 0.05) is 42.7 Å². The van der Waals surface area contributed by atoms with E-state index in [9.17, 15) is 9.59 Å². The summed E-state index contributed by atoms with van der Waals surface area (Å²) in [5, 5.41) is 6.97. The zero-order valence-corrected chi connectivity index (χ0v) is 24.9. The number of carbonyl (C=O) groups is 2. The van der Waals surface area contributed by atoms with Gasteiger partial charge in [0.2, 0.25) is 5.91 Å². The Kier molecular flexibility index (Phi) is 11.3. The van der Waals surface area contributed by atoms with Crippen molar-refractivity contribution in [1.29, 1.82) is 0 Å². The Labute approximate surface area is 253 Å². The predicted octanol–water partition coefficient (Wildman–Crippen LogP) is 5.71. The van der Waals surface area contributed by atoms with E-state index >= 15 is 0 Å². The second kappa shape index (κ2) is 15.4. The SMILES string of the molecule is CC(CNC(=O)c1ccc(-c2ccc(Cl)cc2)o1)N[C@@H](CCCN)C(=O)N(C)CC(c1ccccc1)c1ccccc1. The van der Waals surface area contributed by atoms with Crippen molar-refractivity contribution in [3.63, 3.8) is 0 Å². The number of halogens is 1. The first kappa shape index (κ1) is 31.0. The highest BCUT2D eigenvalue weighted by Gasteiger charge is 2.26. The van der Waals surface area contributed by atoms with Crippen molar-refractivity contribution in [3.05, 3.63) is 119 Å². The number of rotatable bonds is 14. The van der Waals surface area contributed by atoms with E-state index in [1.807, 2.05) is 62.5 Å². The summed E-state index contributed by atoms with van der Waals surface area (Å²) in [5.41, 5.74) is 8.95. The lowest BCUT2D eigenvalue weighted by Gasteiger charge is -2.30. The number of likely N-dealkylation sites (N-methyl/N-ethyl adjacent to an activating group) is 1. The van der Waals surface area contributed by atoms with Gasteiger partial charge in [-0.05, 0) is 73.8 Å². The van der Waals surface area contributed by atoms with Gasteiger partial charge < -0.3 is 25.7 Å². The minimum atomic E-state index is -0.433. The molecule has 0 bridgehead atoms. The molecule has 0 aliphatic heterocycles. The number of hydrogen-bond acceptors (Lipinski definition) is 5. The van der Waals surface area contributed by atoms with E-state index in [-0.39, 0.29) is 29.5 Å². The molecule has 0 aliphatic rings. The largest absolute Gasteiger partial charge is 0.451 e. The average Bonchev–Trinajstić information content (AvgIpc) is 3.52. The zero-order valence-electron chi connectivity index (χ0n) is 24.1. The van der Waals surface area contributed by atoms with Gasteiger partial charge in [-0.15, -0.1) is 0 Å². The quantitative estimate of drug-likeness (QED) is 0.176. The molecule has 8 heteroatoms. The van der Waals surface area contributed by atoms with E-state index in [0.29, 0.717) is 43.3 Å². The van der Waals surface area contributed by atoms with Crippen LogP contribution in [-0.2, 0) is 4.79 Å². The lowest BCUT2D eigenvalue weighted by molar-refractivity contribution is -0.132. The van der Waals surface area contributed by atoms with Crippen LogP contribution in [0.2, 0.25) is 5.02 Å². The normalized spacial score (nSPS) is 12.6. The molecule has 4 rings (SSSR count). The van der Waals surface area contributed by atoms with Gasteiger partial charge in [0.1, 0.15) is 5.76 Å². The monoisotopic (exact) mass is 586 g/mol. The summed E-state index contributed by atoms with van der Waals surface area (Å²) in [4.78, 5) is 28.3. The first-order chi connectivity index (χ1) is 20.4. The molecule has 2 amide bonds. The van der Waals surface area contributed by atoms with Crippen LogP contribution >= 0.6 is 11.6 Å². The third kappa shape index (κ3) is 8.55. The Bertz CT molecular complexity index is 1370. The van der Waals surface area contributed by atoms with Crippen molar-refractivity contribution in [1.82, 2.24) is 15.5 Å². The fraction of sp³-hybridized carbons (Fsp3) is 0.294. The minimum Gasteiger partial charge on any atom is -0.451 e. The molecule has 7 nitrogen and oxygen atoms in total. The van der Waals surface area contributed by atoms with Gasteiger partial charge in [-0.2, -0.15) is 0 Å². The van der Waals surface area contributed by atoms with E-state index < -0.39 is 6.04 Å². The highest BCUT2D eigenvalue weighted by molar-refractivity contribution is 6.30. The van der Waals surface area contributed by atoms with Crippen LogP contribution in [0.1, 0.15) is 47.4 Å². The first-order valence-electron chi connectivity index (χ1n) is 14.3. The van der Waals surface area contributed by atoms with Crippen LogP contribution in [0.4, 0.5) is 0 Å². The molecule has 0 radical (unpaired) electrons. The Morgan fingerprint density at radius 3 is 2.12 bits per heavy atom. The van der Waals surface area contributed by atoms with Crippen LogP contribution in [0.25, 0.3) is 11.3 Å². The molecular formula is C34H39ClN4O3. The maximum absolute atomic E-state index is 13.7. The van der Waals surface area contributed by atoms with Gasteiger partial charge >= 0.3 is 0 Å². The fourth-order valence-corrected chi connectivity index (χ4v) is 5.09. The smallest absolute Gasteiger partial charge is 0.287 e. The summed E-state index contributed by atoms with van der Waals surface area (Å²) in [6.07, 6.45) is 1.30. The van der Waals surface area contributed by atoms with Gasteiger partial charge in [-0.25, -0.2) is 0 Å². The van der Waals surface area contributed by atoms with Crippen LogP contribution in [0.15, 0.2) is 101 Å². The van der Waals surface area contributed by atoms with E-state index in [4.69, 9.17) is 21.8 Å². The molecule has 42 heavy (non-hydrogen) atoms. The third-order valence-corrected chi connectivity index (χ3v) is 7.50. The number of nitrogens with one attached hydrogen (secondary N) is 2. The van der Waals surface area contributed by atoms with Gasteiger partial charge in [-0.1, -0.05) is 72.3 Å². The molecule has 220 valence electrons. The molecule has 0 spiro atoms. The second-order valence-electron chi connectivity index (χ2n) is 10.5. The molecule has 3 aromatic carbocycles. The van der Waals surface area contributed by atoms with Gasteiger partial charge in [0.05, 0.1) is 6.04 Å². The number of amides is 2. The van der Waals surface area contributed by atoms with Gasteiger partial charge in [0.25, 0.3) is 5.91 Å². The van der Waals surface area contributed by atoms with Crippen molar-refractivity contribution in [2.24, 2.45) is 5.73 Å². The lowest BCUT2D eigenvalue weighted by atomic mass is 9.90.